The lowest BCUT2D eigenvalue weighted by Crippen LogP contribution is -2.33. The van der Waals surface area contributed by atoms with Gasteiger partial charge in [-0.05, 0) is 32.7 Å². The smallest absolute Gasteiger partial charge is 0.138 e. The highest BCUT2D eigenvalue weighted by molar-refractivity contribution is 4.82. The minimum absolute atomic E-state index is 0.519. The fourth-order valence-corrected chi connectivity index (χ4v) is 2.05. The summed E-state index contributed by atoms with van der Waals surface area (Å²) < 4.78 is 0. The lowest BCUT2D eigenvalue weighted by Gasteiger charge is -2.17. The molecule has 5 heteroatoms. The first-order valence-electron chi connectivity index (χ1n) is 5.65. The summed E-state index contributed by atoms with van der Waals surface area (Å²) in [6, 6.07) is 1.22. The lowest BCUT2D eigenvalue weighted by molar-refractivity contribution is 0.436. The molecule has 0 spiro atoms. The summed E-state index contributed by atoms with van der Waals surface area (Å²) in [5, 5.41) is 13.6. The van der Waals surface area contributed by atoms with E-state index in [-0.39, 0.29) is 0 Å². The third-order valence-corrected chi connectivity index (χ3v) is 2.88. The summed E-state index contributed by atoms with van der Waals surface area (Å²) in [6.07, 6.45) is 5.36. The number of aromatic nitrogens is 3. The molecular weight excluding hydrogens is 190 g/mol. The summed E-state index contributed by atoms with van der Waals surface area (Å²) in [5.41, 5.74) is 0. The number of rotatable bonds is 5. The maximum absolute atomic E-state index is 4.08. The highest BCUT2D eigenvalue weighted by Crippen LogP contribution is 2.10. The average Bonchev–Trinajstić information content (AvgIpc) is 2.86. The highest BCUT2D eigenvalue weighted by atomic mass is 15.2. The number of nitrogens with zero attached hydrogens (tertiary/aromatic N) is 2. The van der Waals surface area contributed by atoms with Crippen molar-refractivity contribution < 1.29 is 0 Å². The zero-order valence-corrected chi connectivity index (χ0v) is 9.16. The minimum Gasteiger partial charge on any atom is -0.314 e. The maximum Gasteiger partial charge on any atom is 0.138 e. The predicted molar refractivity (Wildman–Crippen MR) is 58.3 cm³/mol. The van der Waals surface area contributed by atoms with Gasteiger partial charge in [-0.15, -0.1) is 0 Å². The second-order valence-corrected chi connectivity index (χ2v) is 4.24. The Hall–Kier alpha value is -0.940. The molecule has 1 aromatic heterocycles. The van der Waals surface area contributed by atoms with E-state index < -0.39 is 0 Å². The number of nitrogens with one attached hydrogen (secondary N) is 3. The molecule has 1 aliphatic heterocycles. The Kier molecular flexibility index (Phi) is 3.69. The van der Waals surface area contributed by atoms with Gasteiger partial charge >= 0.3 is 0 Å². The van der Waals surface area contributed by atoms with Crippen molar-refractivity contribution in [3.8, 4) is 0 Å². The van der Waals surface area contributed by atoms with Crippen LogP contribution >= 0.6 is 0 Å². The summed E-state index contributed by atoms with van der Waals surface area (Å²) >= 11 is 0. The molecule has 2 rings (SSSR count). The Balaban J connectivity index is 1.66. The Labute approximate surface area is 90.1 Å². The molecular formula is C10H19N5. The fourth-order valence-electron chi connectivity index (χ4n) is 2.05. The largest absolute Gasteiger partial charge is 0.314 e. The zero-order chi connectivity index (χ0) is 10.5. The van der Waals surface area contributed by atoms with E-state index in [0.717, 1.165) is 12.4 Å². The quantitative estimate of drug-likeness (QED) is 0.658. The van der Waals surface area contributed by atoms with Crippen molar-refractivity contribution in [2.45, 2.75) is 44.8 Å². The normalized spacial score (nSPS) is 23.1. The van der Waals surface area contributed by atoms with Gasteiger partial charge < -0.3 is 10.6 Å². The van der Waals surface area contributed by atoms with Gasteiger partial charge in [0.15, 0.2) is 0 Å². The third-order valence-electron chi connectivity index (χ3n) is 2.88. The number of hydrogen-bond donors (Lipinski definition) is 3. The summed E-state index contributed by atoms with van der Waals surface area (Å²) in [5.74, 6) is 0.904. The number of hydrogen-bond acceptors (Lipinski definition) is 4. The summed E-state index contributed by atoms with van der Waals surface area (Å²) in [7, 11) is 0. The van der Waals surface area contributed by atoms with E-state index in [4.69, 9.17) is 0 Å². The van der Waals surface area contributed by atoms with Crippen LogP contribution in [0.5, 0.6) is 0 Å². The van der Waals surface area contributed by atoms with Crippen LogP contribution in [0.25, 0.3) is 0 Å². The molecule has 0 amide bonds. The monoisotopic (exact) mass is 209 g/mol. The molecule has 2 heterocycles. The Bertz CT molecular complexity index is 265. The molecule has 3 N–H and O–H groups in total. The molecule has 1 saturated heterocycles. The molecule has 5 nitrogen and oxygen atoms in total. The predicted octanol–water partition coefficient (Wildman–Crippen LogP) is 0.425. The van der Waals surface area contributed by atoms with Gasteiger partial charge in [-0.3, -0.25) is 5.10 Å². The van der Waals surface area contributed by atoms with E-state index in [9.17, 15) is 0 Å². The molecule has 0 radical (unpaired) electrons. The summed E-state index contributed by atoms with van der Waals surface area (Å²) in [6.45, 7) is 4.17. The number of aromatic amines is 1. The van der Waals surface area contributed by atoms with Crippen LogP contribution in [0.3, 0.4) is 0 Å². The van der Waals surface area contributed by atoms with Crippen LogP contribution in [0.15, 0.2) is 6.33 Å². The summed E-state index contributed by atoms with van der Waals surface area (Å²) in [4.78, 5) is 4.08. The zero-order valence-electron chi connectivity index (χ0n) is 9.16. The van der Waals surface area contributed by atoms with Gasteiger partial charge in [0.1, 0.15) is 12.2 Å². The van der Waals surface area contributed by atoms with E-state index in [1.807, 2.05) is 0 Å². The molecule has 0 aliphatic carbocycles. The van der Waals surface area contributed by atoms with Gasteiger partial charge in [-0.25, -0.2) is 4.98 Å². The van der Waals surface area contributed by atoms with Gasteiger partial charge in [0.25, 0.3) is 0 Å². The first kappa shape index (κ1) is 10.6. The van der Waals surface area contributed by atoms with E-state index in [2.05, 4.69) is 32.7 Å². The first-order chi connectivity index (χ1) is 7.34. The van der Waals surface area contributed by atoms with Crippen molar-refractivity contribution in [3.63, 3.8) is 0 Å². The Morgan fingerprint density at radius 1 is 1.67 bits per heavy atom. The maximum atomic E-state index is 4.08. The average molecular weight is 209 g/mol. The van der Waals surface area contributed by atoms with Crippen LogP contribution in [-0.4, -0.2) is 33.8 Å². The lowest BCUT2D eigenvalue weighted by atomic mass is 10.1. The van der Waals surface area contributed by atoms with Crippen LogP contribution in [0, 0.1) is 0 Å². The van der Waals surface area contributed by atoms with Crippen LogP contribution < -0.4 is 10.6 Å². The van der Waals surface area contributed by atoms with Gasteiger partial charge in [-0.1, -0.05) is 0 Å². The van der Waals surface area contributed by atoms with E-state index in [1.165, 1.54) is 25.8 Å². The van der Waals surface area contributed by atoms with E-state index in [1.54, 1.807) is 6.33 Å². The molecule has 1 aromatic rings. The molecule has 1 fully saturated rings. The van der Waals surface area contributed by atoms with E-state index >= 15 is 0 Å². The number of H-pyrrole nitrogens is 1. The van der Waals surface area contributed by atoms with Crippen molar-refractivity contribution in [2.75, 3.05) is 6.54 Å². The van der Waals surface area contributed by atoms with Crippen molar-refractivity contribution in [1.29, 1.82) is 0 Å². The molecule has 15 heavy (non-hydrogen) atoms. The highest BCUT2D eigenvalue weighted by Gasteiger charge is 2.16. The standard InChI is InChI=1S/C10H19N5/c1-8(5-9-3-2-4-11-9)12-6-10-13-7-14-15-10/h7-9,11-12H,2-6H2,1H3,(H,13,14,15). The van der Waals surface area contributed by atoms with Crippen LogP contribution in [-0.2, 0) is 6.54 Å². The minimum atomic E-state index is 0.519. The molecule has 0 bridgehead atoms. The molecule has 0 aromatic carbocycles. The molecule has 2 atom stereocenters. The van der Waals surface area contributed by atoms with Crippen molar-refractivity contribution in [3.05, 3.63) is 12.2 Å². The third kappa shape index (κ3) is 3.28. The second-order valence-electron chi connectivity index (χ2n) is 4.24. The Morgan fingerprint density at radius 2 is 2.60 bits per heavy atom. The van der Waals surface area contributed by atoms with Crippen LogP contribution in [0.2, 0.25) is 0 Å². The molecule has 1 aliphatic rings. The van der Waals surface area contributed by atoms with Crippen LogP contribution in [0.4, 0.5) is 0 Å². The molecule has 2 unspecified atom stereocenters. The van der Waals surface area contributed by atoms with Gasteiger partial charge in [0.05, 0.1) is 6.54 Å². The van der Waals surface area contributed by atoms with Crippen molar-refractivity contribution >= 4 is 0 Å². The van der Waals surface area contributed by atoms with E-state index in [0.29, 0.717) is 12.1 Å². The van der Waals surface area contributed by atoms with Gasteiger partial charge in [0.2, 0.25) is 0 Å². The topological polar surface area (TPSA) is 65.6 Å². The van der Waals surface area contributed by atoms with Crippen molar-refractivity contribution in [1.82, 2.24) is 25.8 Å². The second kappa shape index (κ2) is 5.23. The SMILES string of the molecule is CC(CC1CCCN1)NCc1ncn[nH]1. The first-order valence-corrected chi connectivity index (χ1v) is 5.65. The van der Waals surface area contributed by atoms with Gasteiger partial charge in [0, 0.05) is 12.1 Å². The molecule has 0 saturated carbocycles. The van der Waals surface area contributed by atoms with Crippen molar-refractivity contribution in [2.24, 2.45) is 0 Å². The van der Waals surface area contributed by atoms with Gasteiger partial charge in [-0.2, -0.15) is 5.10 Å². The molecule has 84 valence electrons. The van der Waals surface area contributed by atoms with Crippen LogP contribution in [0.1, 0.15) is 32.0 Å². The fraction of sp³-hybridized carbons (Fsp3) is 0.800. The Morgan fingerprint density at radius 3 is 3.27 bits per heavy atom.